The van der Waals surface area contributed by atoms with Crippen molar-refractivity contribution < 1.29 is 19.5 Å². The molecule has 7 nitrogen and oxygen atoms in total. The van der Waals surface area contributed by atoms with Crippen LogP contribution in [0.5, 0.6) is 0 Å². The SMILES string of the molecule is CC(=O)NNC(=O)CN1CC(CC(=O)O)C1. The Kier molecular flexibility index (Phi) is 4.24. The minimum Gasteiger partial charge on any atom is -0.481 e. The van der Waals surface area contributed by atoms with E-state index in [1.807, 2.05) is 4.90 Å². The summed E-state index contributed by atoms with van der Waals surface area (Å²) in [6.07, 6.45) is 0.143. The molecule has 1 rings (SSSR count). The van der Waals surface area contributed by atoms with Crippen LogP contribution < -0.4 is 10.9 Å². The third-order valence-corrected chi connectivity index (χ3v) is 2.24. The van der Waals surface area contributed by atoms with Crippen LogP contribution in [0.4, 0.5) is 0 Å². The van der Waals surface area contributed by atoms with Crippen LogP contribution in [0.2, 0.25) is 0 Å². The normalized spacial score (nSPS) is 16.3. The molecule has 1 aliphatic heterocycles. The summed E-state index contributed by atoms with van der Waals surface area (Å²) in [5.74, 6) is -1.32. The molecule has 0 saturated carbocycles. The Morgan fingerprint density at radius 3 is 2.44 bits per heavy atom. The van der Waals surface area contributed by atoms with E-state index in [2.05, 4.69) is 10.9 Å². The number of amides is 2. The molecule has 0 unspecified atom stereocenters. The fourth-order valence-corrected chi connectivity index (χ4v) is 1.58. The number of carboxylic acids is 1. The highest BCUT2D eigenvalue weighted by Crippen LogP contribution is 2.17. The molecule has 7 heteroatoms. The Bertz CT molecular complexity index is 299. The standard InChI is InChI=1S/C9H15N3O4/c1-6(13)10-11-8(14)5-12-3-7(4-12)2-9(15)16/h7H,2-5H2,1H3,(H,10,13)(H,11,14)(H,15,16). The number of rotatable bonds is 4. The number of carbonyl (C=O) groups excluding carboxylic acids is 2. The lowest BCUT2D eigenvalue weighted by atomic mass is 9.96. The number of aliphatic carboxylic acids is 1. The lowest BCUT2D eigenvalue weighted by molar-refractivity contribution is -0.139. The highest BCUT2D eigenvalue weighted by atomic mass is 16.4. The number of nitrogens with one attached hydrogen (secondary N) is 2. The van der Waals surface area contributed by atoms with Crippen LogP contribution in [0, 0.1) is 5.92 Å². The molecular formula is C9H15N3O4. The molecule has 0 aromatic heterocycles. The first-order chi connectivity index (χ1) is 7.47. The minimum atomic E-state index is -0.813. The quantitative estimate of drug-likeness (QED) is 0.513. The summed E-state index contributed by atoms with van der Waals surface area (Å²) in [7, 11) is 0. The molecular weight excluding hydrogens is 214 g/mol. The van der Waals surface area contributed by atoms with Crippen molar-refractivity contribution in [2.75, 3.05) is 19.6 Å². The van der Waals surface area contributed by atoms with Crippen molar-refractivity contribution in [3.63, 3.8) is 0 Å². The smallest absolute Gasteiger partial charge is 0.303 e. The van der Waals surface area contributed by atoms with Gasteiger partial charge in [-0.2, -0.15) is 0 Å². The van der Waals surface area contributed by atoms with Crippen molar-refractivity contribution in [3.05, 3.63) is 0 Å². The molecule has 1 fully saturated rings. The molecule has 3 N–H and O–H groups in total. The predicted octanol–water partition coefficient (Wildman–Crippen LogP) is -1.44. The highest BCUT2D eigenvalue weighted by molar-refractivity contribution is 5.82. The Labute approximate surface area is 92.8 Å². The summed E-state index contributed by atoms with van der Waals surface area (Å²) < 4.78 is 0. The zero-order chi connectivity index (χ0) is 12.1. The van der Waals surface area contributed by atoms with Crippen molar-refractivity contribution in [1.29, 1.82) is 0 Å². The number of hydrogen-bond acceptors (Lipinski definition) is 4. The monoisotopic (exact) mass is 229 g/mol. The maximum absolute atomic E-state index is 11.2. The molecule has 16 heavy (non-hydrogen) atoms. The van der Waals surface area contributed by atoms with Gasteiger partial charge >= 0.3 is 5.97 Å². The van der Waals surface area contributed by atoms with Gasteiger partial charge in [-0.3, -0.25) is 30.1 Å². The van der Waals surface area contributed by atoms with E-state index in [-0.39, 0.29) is 30.7 Å². The fourth-order valence-electron chi connectivity index (χ4n) is 1.58. The van der Waals surface area contributed by atoms with E-state index >= 15 is 0 Å². The predicted molar refractivity (Wildman–Crippen MR) is 54.1 cm³/mol. The molecule has 2 amide bonds. The van der Waals surface area contributed by atoms with E-state index in [9.17, 15) is 14.4 Å². The van der Waals surface area contributed by atoms with Crippen molar-refractivity contribution >= 4 is 17.8 Å². The van der Waals surface area contributed by atoms with E-state index in [1.165, 1.54) is 6.92 Å². The van der Waals surface area contributed by atoms with Gasteiger partial charge in [-0.15, -0.1) is 0 Å². The number of nitrogens with zero attached hydrogens (tertiary/aromatic N) is 1. The van der Waals surface area contributed by atoms with Gasteiger partial charge in [0.1, 0.15) is 0 Å². The second-order valence-corrected chi connectivity index (χ2v) is 3.89. The van der Waals surface area contributed by atoms with Crippen LogP contribution in [0.25, 0.3) is 0 Å². The first-order valence-electron chi connectivity index (χ1n) is 4.97. The molecule has 1 heterocycles. The minimum absolute atomic E-state index is 0.131. The summed E-state index contributed by atoms with van der Waals surface area (Å²) >= 11 is 0. The maximum Gasteiger partial charge on any atom is 0.303 e. The lowest BCUT2D eigenvalue weighted by Crippen LogP contribution is -2.53. The van der Waals surface area contributed by atoms with Gasteiger partial charge in [0, 0.05) is 20.0 Å². The highest BCUT2D eigenvalue weighted by Gasteiger charge is 2.29. The largest absolute Gasteiger partial charge is 0.481 e. The number of hydrogen-bond donors (Lipinski definition) is 3. The van der Waals surface area contributed by atoms with E-state index in [0.29, 0.717) is 13.1 Å². The van der Waals surface area contributed by atoms with Gasteiger partial charge in [0.15, 0.2) is 0 Å². The molecule has 0 aromatic rings. The Balaban J connectivity index is 2.10. The summed E-state index contributed by atoms with van der Waals surface area (Å²) in [6.45, 7) is 2.70. The van der Waals surface area contributed by atoms with Gasteiger partial charge in [0.25, 0.3) is 5.91 Å². The Morgan fingerprint density at radius 1 is 1.31 bits per heavy atom. The Morgan fingerprint density at radius 2 is 1.94 bits per heavy atom. The summed E-state index contributed by atoms with van der Waals surface area (Å²) in [5.41, 5.74) is 4.42. The third-order valence-electron chi connectivity index (χ3n) is 2.24. The first-order valence-corrected chi connectivity index (χ1v) is 4.97. The van der Waals surface area contributed by atoms with Crippen molar-refractivity contribution in [2.24, 2.45) is 5.92 Å². The molecule has 0 atom stereocenters. The van der Waals surface area contributed by atoms with Gasteiger partial charge in [0.2, 0.25) is 5.91 Å². The van der Waals surface area contributed by atoms with Crippen LogP contribution in [0.3, 0.4) is 0 Å². The number of carbonyl (C=O) groups is 3. The van der Waals surface area contributed by atoms with Gasteiger partial charge in [0.05, 0.1) is 13.0 Å². The molecule has 1 saturated heterocycles. The van der Waals surface area contributed by atoms with Crippen LogP contribution in [0.1, 0.15) is 13.3 Å². The molecule has 0 aromatic carbocycles. The van der Waals surface area contributed by atoms with Crippen LogP contribution in [-0.4, -0.2) is 47.4 Å². The second kappa shape index (κ2) is 5.45. The summed E-state index contributed by atoms with van der Waals surface area (Å²) in [5, 5.41) is 8.52. The molecule has 0 radical (unpaired) electrons. The fraction of sp³-hybridized carbons (Fsp3) is 0.667. The molecule has 0 bridgehead atoms. The number of carboxylic acid groups (broad SMARTS) is 1. The first kappa shape index (κ1) is 12.4. The van der Waals surface area contributed by atoms with Crippen molar-refractivity contribution in [1.82, 2.24) is 15.8 Å². The average molecular weight is 229 g/mol. The lowest BCUT2D eigenvalue weighted by Gasteiger charge is -2.37. The number of hydrazine groups is 1. The van der Waals surface area contributed by atoms with E-state index < -0.39 is 5.97 Å². The topological polar surface area (TPSA) is 98.7 Å². The molecule has 90 valence electrons. The van der Waals surface area contributed by atoms with Gasteiger partial charge in [-0.1, -0.05) is 0 Å². The van der Waals surface area contributed by atoms with Crippen LogP contribution in [-0.2, 0) is 14.4 Å². The van der Waals surface area contributed by atoms with E-state index in [1.54, 1.807) is 0 Å². The molecule has 1 aliphatic rings. The zero-order valence-corrected chi connectivity index (χ0v) is 9.02. The van der Waals surface area contributed by atoms with Crippen molar-refractivity contribution in [2.45, 2.75) is 13.3 Å². The zero-order valence-electron chi connectivity index (χ0n) is 9.02. The summed E-state index contributed by atoms with van der Waals surface area (Å²) in [6, 6.07) is 0. The van der Waals surface area contributed by atoms with E-state index in [4.69, 9.17) is 5.11 Å². The van der Waals surface area contributed by atoms with Gasteiger partial charge in [-0.25, -0.2) is 0 Å². The summed E-state index contributed by atoms with van der Waals surface area (Å²) in [4.78, 5) is 33.9. The second-order valence-electron chi connectivity index (χ2n) is 3.89. The molecule has 0 aliphatic carbocycles. The van der Waals surface area contributed by atoms with Crippen molar-refractivity contribution in [3.8, 4) is 0 Å². The Hall–Kier alpha value is -1.63. The number of likely N-dealkylation sites (tertiary alicyclic amines) is 1. The van der Waals surface area contributed by atoms with Crippen LogP contribution in [0.15, 0.2) is 0 Å². The van der Waals surface area contributed by atoms with E-state index in [0.717, 1.165) is 0 Å². The van der Waals surface area contributed by atoms with Crippen LogP contribution >= 0.6 is 0 Å². The van der Waals surface area contributed by atoms with Gasteiger partial charge in [-0.05, 0) is 5.92 Å². The maximum atomic E-state index is 11.2. The van der Waals surface area contributed by atoms with Gasteiger partial charge < -0.3 is 5.11 Å². The average Bonchev–Trinajstić information content (AvgIpc) is 2.10. The third kappa shape index (κ3) is 4.26. The molecule has 0 spiro atoms.